The minimum Gasteiger partial charge on any atom is -0.374 e. The summed E-state index contributed by atoms with van der Waals surface area (Å²) in [5.41, 5.74) is 12.3. The van der Waals surface area contributed by atoms with Crippen molar-refractivity contribution < 1.29 is 23.7 Å². The summed E-state index contributed by atoms with van der Waals surface area (Å²) < 4.78 is 31.0. The second-order valence-electron chi connectivity index (χ2n) is 8.77. The van der Waals surface area contributed by atoms with Crippen LogP contribution in [0.2, 0.25) is 0 Å². The first-order chi connectivity index (χ1) is 18.8. The van der Waals surface area contributed by atoms with Crippen molar-refractivity contribution >= 4 is 0 Å². The first-order valence-electron chi connectivity index (χ1n) is 12.5. The molecule has 4 rings (SSSR count). The van der Waals surface area contributed by atoms with E-state index in [1.54, 1.807) is 0 Å². The molecule has 8 nitrogen and oxygen atoms in total. The molecule has 1 aliphatic rings. The predicted molar refractivity (Wildman–Crippen MR) is 143 cm³/mol. The molecular weight excluding hydrogens is 482 g/mol. The van der Waals surface area contributed by atoms with Gasteiger partial charge >= 0.3 is 0 Å². The number of nitrogens with zero attached hydrogens (tertiary/aromatic N) is 3. The zero-order valence-electron chi connectivity index (χ0n) is 21.0. The maximum atomic E-state index is 9.33. The molecule has 1 fully saturated rings. The molecule has 0 aliphatic carbocycles. The second-order valence-corrected chi connectivity index (χ2v) is 8.77. The first kappa shape index (κ1) is 27.4. The van der Waals surface area contributed by atoms with Gasteiger partial charge in [-0.25, -0.2) is 0 Å². The lowest BCUT2D eigenvalue weighted by Gasteiger charge is -2.44. The molecule has 0 aromatic heterocycles. The van der Waals surface area contributed by atoms with Crippen molar-refractivity contribution in [2.45, 2.75) is 50.5 Å². The quantitative estimate of drug-likeness (QED) is 0.132. The SMILES string of the molecule is C#CCO[C@H]1[C@H](OCc2ccccc2)[C@H](OCc2ccccc2)[C@@H](N=[N+]=[N-])O[C@@H]1COCc1ccccc1. The average molecular weight is 514 g/mol. The van der Waals surface area contributed by atoms with Gasteiger partial charge in [0.15, 0.2) is 6.23 Å². The van der Waals surface area contributed by atoms with Gasteiger partial charge in [0.1, 0.15) is 31.0 Å². The lowest BCUT2D eigenvalue weighted by molar-refractivity contribution is -0.266. The Morgan fingerprint density at radius 3 is 1.79 bits per heavy atom. The van der Waals surface area contributed by atoms with Crippen LogP contribution in [0, 0.1) is 12.3 Å². The van der Waals surface area contributed by atoms with Crippen molar-refractivity contribution in [3.8, 4) is 12.3 Å². The van der Waals surface area contributed by atoms with E-state index in [-0.39, 0.29) is 19.8 Å². The van der Waals surface area contributed by atoms with Crippen molar-refractivity contribution in [3.63, 3.8) is 0 Å². The molecule has 0 amide bonds. The fraction of sp³-hybridized carbons (Fsp3) is 0.333. The predicted octanol–water partition coefficient (Wildman–Crippen LogP) is 5.43. The van der Waals surface area contributed by atoms with Crippen LogP contribution in [0.5, 0.6) is 0 Å². The van der Waals surface area contributed by atoms with E-state index in [1.807, 2.05) is 91.0 Å². The van der Waals surface area contributed by atoms with Crippen LogP contribution in [0.1, 0.15) is 16.7 Å². The normalized spacial score (nSPS) is 22.8. The molecular formula is C30H31N3O5. The number of ether oxygens (including phenoxy) is 5. The van der Waals surface area contributed by atoms with Gasteiger partial charge in [-0.2, -0.15) is 0 Å². The molecule has 1 aliphatic heterocycles. The zero-order valence-corrected chi connectivity index (χ0v) is 21.0. The van der Waals surface area contributed by atoms with Gasteiger partial charge in [-0.3, -0.25) is 0 Å². The van der Waals surface area contributed by atoms with E-state index in [0.717, 1.165) is 16.7 Å². The number of azide groups is 1. The van der Waals surface area contributed by atoms with Crippen LogP contribution in [-0.4, -0.2) is 43.9 Å². The lowest BCUT2D eigenvalue weighted by atomic mass is 9.97. The van der Waals surface area contributed by atoms with Gasteiger partial charge in [0.05, 0.1) is 26.4 Å². The highest BCUT2D eigenvalue weighted by atomic mass is 16.6. The molecule has 0 spiro atoms. The minimum atomic E-state index is -0.958. The van der Waals surface area contributed by atoms with Gasteiger partial charge in [0.2, 0.25) is 0 Å². The summed E-state index contributed by atoms with van der Waals surface area (Å²) in [6, 6.07) is 29.3. The molecule has 0 saturated carbocycles. The van der Waals surface area contributed by atoms with Crippen LogP contribution < -0.4 is 0 Å². The Balaban J connectivity index is 1.57. The molecule has 8 heteroatoms. The van der Waals surface area contributed by atoms with Gasteiger partial charge in [0, 0.05) is 4.91 Å². The number of hydrogen-bond acceptors (Lipinski definition) is 6. The number of terminal acetylenes is 1. The molecule has 0 radical (unpaired) electrons. The number of benzene rings is 3. The van der Waals surface area contributed by atoms with Gasteiger partial charge in [-0.15, -0.1) is 6.42 Å². The summed E-state index contributed by atoms with van der Waals surface area (Å²) in [7, 11) is 0. The molecule has 1 saturated heterocycles. The molecule has 38 heavy (non-hydrogen) atoms. The third kappa shape index (κ3) is 7.91. The monoisotopic (exact) mass is 513 g/mol. The van der Waals surface area contributed by atoms with Crippen LogP contribution >= 0.6 is 0 Å². The lowest BCUT2D eigenvalue weighted by Crippen LogP contribution is -2.60. The maximum absolute atomic E-state index is 9.33. The van der Waals surface area contributed by atoms with Crippen molar-refractivity contribution in [2.24, 2.45) is 5.11 Å². The molecule has 1 heterocycles. The summed E-state index contributed by atoms with van der Waals surface area (Å²) in [4.78, 5) is 3.02. The van der Waals surface area contributed by atoms with E-state index >= 15 is 0 Å². The molecule has 0 N–H and O–H groups in total. The minimum absolute atomic E-state index is 0.0476. The molecule has 0 bridgehead atoms. The second kappa shape index (κ2) is 14.9. The third-order valence-electron chi connectivity index (χ3n) is 6.10. The molecule has 3 aromatic rings. The van der Waals surface area contributed by atoms with E-state index in [0.29, 0.717) is 13.2 Å². The van der Waals surface area contributed by atoms with E-state index in [1.165, 1.54) is 0 Å². The van der Waals surface area contributed by atoms with Gasteiger partial charge in [-0.05, 0) is 22.2 Å². The maximum Gasteiger partial charge on any atom is 0.165 e. The smallest absolute Gasteiger partial charge is 0.165 e. The van der Waals surface area contributed by atoms with Crippen LogP contribution in [0.4, 0.5) is 0 Å². The van der Waals surface area contributed by atoms with E-state index in [9.17, 15) is 5.53 Å². The molecule has 3 aromatic carbocycles. The van der Waals surface area contributed by atoms with Gasteiger partial charge in [-0.1, -0.05) is 102 Å². The van der Waals surface area contributed by atoms with Crippen LogP contribution in [-0.2, 0) is 43.5 Å². The average Bonchev–Trinajstić information content (AvgIpc) is 2.96. The number of hydrogen-bond donors (Lipinski definition) is 0. The Bertz CT molecular complexity index is 1180. The summed E-state index contributed by atoms with van der Waals surface area (Å²) in [5.74, 6) is 2.52. The Morgan fingerprint density at radius 1 is 0.737 bits per heavy atom. The van der Waals surface area contributed by atoms with Crippen molar-refractivity contribution in [1.29, 1.82) is 0 Å². The summed E-state index contributed by atoms with van der Waals surface area (Å²) in [6.07, 6.45) is 1.94. The van der Waals surface area contributed by atoms with Crippen LogP contribution in [0.15, 0.2) is 96.1 Å². The Morgan fingerprint density at radius 2 is 1.26 bits per heavy atom. The standard InChI is InChI=1S/C30H31N3O5/c1-2-18-35-27-26(22-34-19-23-12-6-3-7-13-23)38-30(32-33-31)29(37-21-25-16-10-5-11-17-25)28(27)36-20-24-14-8-4-9-15-24/h1,3-17,26-30H,18-22H2/t26-,27-,28+,29+,30+/m1/s1. The topological polar surface area (TPSA) is 94.9 Å². The Labute approximate surface area is 223 Å². The number of rotatable bonds is 13. The van der Waals surface area contributed by atoms with Gasteiger partial charge in [0.25, 0.3) is 0 Å². The zero-order chi connectivity index (χ0) is 26.4. The highest BCUT2D eigenvalue weighted by Crippen LogP contribution is 2.31. The van der Waals surface area contributed by atoms with Gasteiger partial charge < -0.3 is 23.7 Å². The van der Waals surface area contributed by atoms with Crippen molar-refractivity contribution in [3.05, 3.63) is 118 Å². The fourth-order valence-electron chi connectivity index (χ4n) is 4.29. The molecule has 5 atom stereocenters. The van der Waals surface area contributed by atoms with E-state index in [4.69, 9.17) is 30.1 Å². The van der Waals surface area contributed by atoms with Crippen LogP contribution in [0.3, 0.4) is 0 Å². The Kier molecular flexibility index (Phi) is 10.7. The highest BCUT2D eigenvalue weighted by Gasteiger charge is 2.48. The molecule has 0 unspecified atom stereocenters. The summed E-state index contributed by atoms with van der Waals surface area (Å²) >= 11 is 0. The van der Waals surface area contributed by atoms with E-state index < -0.39 is 30.6 Å². The highest BCUT2D eigenvalue weighted by molar-refractivity contribution is 5.15. The Hall–Kier alpha value is -3.67. The van der Waals surface area contributed by atoms with Crippen LogP contribution in [0.25, 0.3) is 10.4 Å². The summed E-state index contributed by atoms with van der Waals surface area (Å²) in [6.45, 7) is 1.18. The largest absolute Gasteiger partial charge is 0.374 e. The molecule has 196 valence electrons. The van der Waals surface area contributed by atoms with E-state index in [2.05, 4.69) is 15.9 Å². The van der Waals surface area contributed by atoms with Crippen molar-refractivity contribution in [2.75, 3.05) is 13.2 Å². The van der Waals surface area contributed by atoms with Crippen molar-refractivity contribution in [1.82, 2.24) is 0 Å². The fourth-order valence-corrected chi connectivity index (χ4v) is 4.29. The summed E-state index contributed by atoms with van der Waals surface area (Å²) in [5, 5.41) is 3.92. The third-order valence-corrected chi connectivity index (χ3v) is 6.10. The first-order valence-corrected chi connectivity index (χ1v) is 12.5.